The van der Waals surface area contributed by atoms with Crippen LogP contribution in [0.4, 0.5) is 5.69 Å². The van der Waals surface area contributed by atoms with Gasteiger partial charge in [0.1, 0.15) is 5.75 Å². The topological polar surface area (TPSA) is 107 Å². The maximum Gasteiger partial charge on any atom is 0.258 e. The smallest absolute Gasteiger partial charge is 0.258 e. The number of aliphatic hydroxyl groups is 1. The highest BCUT2D eigenvalue weighted by molar-refractivity contribution is 5.99. The zero-order valence-electron chi connectivity index (χ0n) is 27.5. The van der Waals surface area contributed by atoms with Crippen LogP contribution in [0.3, 0.4) is 0 Å². The molecular weight excluding hydrogens is 558 g/mol. The molecule has 244 valence electrons. The number of carbonyl (C=O) groups excluding carboxylic acids is 2. The van der Waals surface area contributed by atoms with Gasteiger partial charge in [-0.25, -0.2) is 0 Å². The second-order valence-corrected chi connectivity index (χ2v) is 12.5. The van der Waals surface area contributed by atoms with E-state index in [-0.39, 0.29) is 36.5 Å². The Balaban J connectivity index is 1.87. The van der Waals surface area contributed by atoms with E-state index < -0.39 is 6.04 Å². The molecular formula is C34H53N5O5. The molecule has 2 N–H and O–H groups in total. The number of anilines is 1. The van der Waals surface area contributed by atoms with Gasteiger partial charge in [0.05, 0.1) is 30.4 Å². The number of hydrogen-bond acceptors (Lipinski definition) is 8. The summed E-state index contributed by atoms with van der Waals surface area (Å²) in [6.45, 7) is 9.07. The second-order valence-electron chi connectivity index (χ2n) is 12.5. The van der Waals surface area contributed by atoms with E-state index >= 15 is 0 Å². The van der Waals surface area contributed by atoms with Crippen molar-refractivity contribution in [1.82, 2.24) is 19.7 Å². The van der Waals surface area contributed by atoms with Crippen molar-refractivity contribution in [3.63, 3.8) is 0 Å². The third-order valence-corrected chi connectivity index (χ3v) is 8.04. The van der Waals surface area contributed by atoms with Crippen molar-refractivity contribution in [2.45, 2.75) is 77.7 Å². The fraction of sp³-hybridized carbons (Fsp3) is 0.618. The van der Waals surface area contributed by atoms with Gasteiger partial charge in [0.25, 0.3) is 5.91 Å². The molecule has 4 atom stereocenters. The highest BCUT2D eigenvalue weighted by Gasteiger charge is 2.30. The predicted octanol–water partition coefficient (Wildman–Crippen LogP) is 4.29. The molecule has 1 aromatic carbocycles. The number of fused-ring (bicyclic) bond motifs is 1. The number of pyridine rings is 1. The molecule has 2 aromatic rings. The Kier molecular flexibility index (Phi) is 14.5. The van der Waals surface area contributed by atoms with Crippen LogP contribution in [-0.4, -0.2) is 109 Å². The zero-order chi connectivity index (χ0) is 32.1. The fourth-order valence-corrected chi connectivity index (χ4v) is 5.41. The van der Waals surface area contributed by atoms with Gasteiger partial charge in [0.15, 0.2) is 0 Å². The van der Waals surface area contributed by atoms with Crippen LogP contribution in [0.5, 0.6) is 5.75 Å². The van der Waals surface area contributed by atoms with Crippen LogP contribution in [0.2, 0.25) is 0 Å². The van der Waals surface area contributed by atoms with E-state index in [0.29, 0.717) is 43.1 Å². The molecule has 0 saturated heterocycles. The Bertz CT molecular complexity index is 1160. The summed E-state index contributed by atoms with van der Waals surface area (Å²) in [5, 5.41) is 13.1. The molecule has 0 saturated carbocycles. The number of aromatic nitrogens is 1. The first-order valence-corrected chi connectivity index (χ1v) is 15.9. The van der Waals surface area contributed by atoms with Crippen LogP contribution in [0.25, 0.3) is 0 Å². The lowest BCUT2D eigenvalue weighted by molar-refractivity contribution is -0.116. The molecule has 1 aliphatic rings. The van der Waals surface area contributed by atoms with Gasteiger partial charge in [0, 0.05) is 56.7 Å². The summed E-state index contributed by atoms with van der Waals surface area (Å²) in [5.41, 5.74) is 2.10. The Morgan fingerprint density at radius 2 is 1.91 bits per heavy atom. The minimum atomic E-state index is -0.428. The van der Waals surface area contributed by atoms with Crippen molar-refractivity contribution in [3.8, 4) is 5.75 Å². The Morgan fingerprint density at radius 1 is 1.16 bits per heavy atom. The lowest BCUT2D eigenvalue weighted by atomic mass is 10.0. The number of amides is 2. The number of hydrogen-bond donors (Lipinski definition) is 2. The molecule has 2 heterocycles. The molecule has 0 aliphatic carbocycles. The van der Waals surface area contributed by atoms with E-state index in [9.17, 15) is 14.7 Å². The molecule has 0 fully saturated rings. The van der Waals surface area contributed by atoms with Crippen LogP contribution < -0.4 is 10.1 Å². The van der Waals surface area contributed by atoms with E-state index in [1.165, 1.54) is 5.56 Å². The summed E-state index contributed by atoms with van der Waals surface area (Å²) >= 11 is 0. The SMILES string of the molecule is C[C@@H]1CN([C@@H](C)CO)C(=O)c2cc(NC(=O)CCCN(C)C)ccc2O[C@@H](C)CCCCO[C@H]1CN(C)Cc1ccncc1. The molecule has 3 rings (SSSR count). The van der Waals surface area contributed by atoms with E-state index in [1.54, 1.807) is 35.5 Å². The van der Waals surface area contributed by atoms with Gasteiger partial charge in [-0.05, 0) is 103 Å². The Morgan fingerprint density at radius 3 is 2.61 bits per heavy atom. The molecule has 2 amide bonds. The van der Waals surface area contributed by atoms with Crippen molar-refractivity contribution in [1.29, 1.82) is 0 Å². The monoisotopic (exact) mass is 611 g/mol. The lowest BCUT2D eigenvalue weighted by Gasteiger charge is -2.36. The highest BCUT2D eigenvalue weighted by atomic mass is 16.5. The average molecular weight is 612 g/mol. The molecule has 10 nitrogen and oxygen atoms in total. The summed E-state index contributed by atoms with van der Waals surface area (Å²) in [7, 11) is 6.04. The molecule has 1 aliphatic heterocycles. The minimum absolute atomic E-state index is 0.0151. The summed E-state index contributed by atoms with van der Waals surface area (Å²) in [6, 6.07) is 8.87. The third kappa shape index (κ3) is 11.5. The summed E-state index contributed by atoms with van der Waals surface area (Å²) in [6.07, 6.45) is 7.16. The van der Waals surface area contributed by atoms with Crippen molar-refractivity contribution < 1.29 is 24.2 Å². The van der Waals surface area contributed by atoms with Crippen LogP contribution in [0, 0.1) is 5.92 Å². The van der Waals surface area contributed by atoms with Gasteiger partial charge in [-0.1, -0.05) is 6.92 Å². The Hall–Kier alpha value is -3.05. The predicted molar refractivity (Wildman–Crippen MR) is 174 cm³/mol. The Labute approximate surface area is 263 Å². The molecule has 44 heavy (non-hydrogen) atoms. The van der Waals surface area contributed by atoms with E-state index in [1.807, 2.05) is 45.0 Å². The van der Waals surface area contributed by atoms with Crippen LogP contribution in [0.1, 0.15) is 68.8 Å². The quantitative estimate of drug-likeness (QED) is 0.388. The summed E-state index contributed by atoms with van der Waals surface area (Å²) in [5.74, 6) is 0.126. The van der Waals surface area contributed by atoms with E-state index in [0.717, 1.165) is 38.8 Å². The van der Waals surface area contributed by atoms with Crippen LogP contribution >= 0.6 is 0 Å². The number of rotatable bonds is 11. The fourth-order valence-electron chi connectivity index (χ4n) is 5.41. The largest absolute Gasteiger partial charge is 0.490 e. The maximum atomic E-state index is 14.3. The number of nitrogens with one attached hydrogen (secondary N) is 1. The van der Waals surface area contributed by atoms with E-state index in [4.69, 9.17) is 9.47 Å². The molecule has 0 unspecified atom stereocenters. The second kappa shape index (κ2) is 18.0. The van der Waals surface area contributed by atoms with Crippen LogP contribution in [-0.2, 0) is 16.1 Å². The summed E-state index contributed by atoms with van der Waals surface area (Å²) < 4.78 is 12.8. The number of nitrogens with zero attached hydrogens (tertiary/aromatic N) is 4. The van der Waals surface area contributed by atoms with Crippen molar-refractivity contribution in [2.24, 2.45) is 5.92 Å². The number of carbonyl (C=O) groups is 2. The number of benzene rings is 1. The number of ether oxygens (including phenoxy) is 2. The summed E-state index contributed by atoms with van der Waals surface area (Å²) in [4.78, 5) is 37.1. The van der Waals surface area contributed by atoms with Gasteiger partial charge >= 0.3 is 0 Å². The standard InChI is InChI=1S/C34H53N5O5/c1-25-21-39(26(2)24-40)34(42)30-20-29(36-33(41)11-9-18-37(4)5)12-13-31(30)44-27(3)10-7-8-19-43-32(25)23-38(6)22-28-14-16-35-17-15-28/h12-17,20,25-27,32,40H,7-11,18-19,21-24H2,1-6H3,(H,36,41)/t25-,26+,27+,32+/m1/s1. The van der Waals surface area contributed by atoms with Gasteiger partial charge < -0.3 is 29.7 Å². The molecule has 0 bridgehead atoms. The lowest BCUT2D eigenvalue weighted by Crippen LogP contribution is -2.47. The normalized spacial score (nSPS) is 21.0. The number of aliphatic hydroxyl groups excluding tert-OH is 1. The first kappa shape index (κ1) is 35.4. The van der Waals surface area contributed by atoms with E-state index in [2.05, 4.69) is 29.2 Å². The maximum absolute atomic E-state index is 14.3. The first-order valence-electron chi connectivity index (χ1n) is 15.9. The van der Waals surface area contributed by atoms with Crippen molar-refractivity contribution >= 4 is 17.5 Å². The molecule has 0 spiro atoms. The van der Waals surface area contributed by atoms with Gasteiger partial charge in [-0.3, -0.25) is 19.5 Å². The van der Waals surface area contributed by atoms with Gasteiger partial charge in [0.2, 0.25) is 5.91 Å². The van der Waals surface area contributed by atoms with Crippen LogP contribution in [0.15, 0.2) is 42.7 Å². The van der Waals surface area contributed by atoms with Crippen molar-refractivity contribution in [3.05, 3.63) is 53.9 Å². The molecule has 0 radical (unpaired) electrons. The first-order chi connectivity index (χ1) is 21.1. The number of likely N-dealkylation sites (N-methyl/N-ethyl adjacent to an activating group) is 1. The van der Waals surface area contributed by atoms with Gasteiger partial charge in [-0.2, -0.15) is 0 Å². The molecule has 10 heteroatoms. The van der Waals surface area contributed by atoms with Gasteiger partial charge in [-0.15, -0.1) is 0 Å². The molecule has 1 aromatic heterocycles. The van der Waals surface area contributed by atoms with Crippen molar-refractivity contribution in [2.75, 3.05) is 59.3 Å². The zero-order valence-corrected chi connectivity index (χ0v) is 27.5. The minimum Gasteiger partial charge on any atom is -0.490 e. The highest BCUT2D eigenvalue weighted by Crippen LogP contribution is 2.28. The average Bonchev–Trinajstić information content (AvgIpc) is 2.98. The third-order valence-electron chi connectivity index (χ3n) is 8.04.